The zero-order valence-corrected chi connectivity index (χ0v) is 16.1. The number of anilines is 1. The summed E-state index contributed by atoms with van der Waals surface area (Å²) in [6, 6.07) is 14.6. The van der Waals surface area contributed by atoms with Gasteiger partial charge in [0.1, 0.15) is 5.75 Å². The average molecular weight is 380 g/mol. The van der Waals surface area contributed by atoms with E-state index < -0.39 is 5.92 Å². The van der Waals surface area contributed by atoms with Crippen molar-refractivity contribution in [3.05, 3.63) is 59.7 Å². The topological polar surface area (TPSA) is 75.7 Å². The van der Waals surface area contributed by atoms with E-state index in [0.717, 1.165) is 11.3 Å². The van der Waals surface area contributed by atoms with Crippen LogP contribution in [-0.4, -0.2) is 37.8 Å². The van der Waals surface area contributed by atoms with Crippen LogP contribution in [0.4, 0.5) is 5.69 Å². The van der Waals surface area contributed by atoms with Crippen LogP contribution in [0.3, 0.4) is 0 Å². The van der Waals surface area contributed by atoms with E-state index in [1.54, 1.807) is 36.3 Å². The van der Waals surface area contributed by atoms with Gasteiger partial charge in [0.05, 0.1) is 13.0 Å². The molecule has 1 heterocycles. The SMILES string of the molecule is COc1ccccc1CCNC(=O)C1CC(=O)N(c2cccc(C(C)=O)c2)C1. The van der Waals surface area contributed by atoms with E-state index in [1.807, 2.05) is 24.3 Å². The molecule has 0 saturated carbocycles. The molecular weight excluding hydrogens is 356 g/mol. The molecule has 1 N–H and O–H groups in total. The number of hydrogen-bond donors (Lipinski definition) is 1. The maximum atomic E-state index is 12.5. The molecular formula is C22H24N2O4. The number of nitrogens with one attached hydrogen (secondary N) is 1. The zero-order valence-electron chi connectivity index (χ0n) is 16.1. The van der Waals surface area contributed by atoms with E-state index >= 15 is 0 Å². The van der Waals surface area contributed by atoms with E-state index in [1.165, 1.54) is 6.92 Å². The first kappa shape index (κ1) is 19.6. The summed E-state index contributed by atoms with van der Waals surface area (Å²) < 4.78 is 5.32. The summed E-state index contributed by atoms with van der Waals surface area (Å²) in [6.45, 7) is 2.29. The Morgan fingerprint density at radius 1 is 1.18 bits per heavy atom. The monoisotopic (exact) mass is 380 g/mol. The Hall–Kier alpha value is -3.15. The lowest BCUT2D eigenvalue weighted by Gasteiger charge is -2.17. The maximum Gasteiger partial charge on any atom is 0.227 e. The molecule has 6 nitrogen and oxygen atoms in total. The molecule has 1 saturated heterocycles. The number of rotatable bonds is 7. The van der Waals surface area contributed by atoms with Gasteiger partial charge in [0, 0.05) is 30.8 Å². The molecule has 0 bridgehead atoms. The van der Waals surface area contributed by atoms with Crippen molar-refractivity contribution in [2.75, 3.05) is 25.1 Å². The lowest BCUT2D eigenvalue weighted by molar-refractivity contribution is -0.126. The van der Waals surface area contributed by atoms with Crippen LogP contribution in [-0.2, 0) is 16.0 Å². The quantitative estimate of drug-likeness (QED) is 0.749. The molecule has 6 heteroatoms. The van der Waals surface area contributed by atoms with Gasteiger partial charge in [-0.15, -0.1) is 0 Å². The Kier molecular flexibility index (Phi) is 6.09. The van der Waals surface area contributed by atoms with Crippen LogP contribution < -0.4 is 15.0 Å². The molecule has 1 unspecified atom stereocenters. The summed E-state index contributed by atoms with van der Waals surface area (Å²) in [5, 5.41) is 2.92. The molecule has 2 amide bonds. The molecule has 0 spiro atoms. The first-order valence-electron chi connectivity index (χ1n) is 9.30. The third-order valence-corrected chi connectivity index (χ3v) is 4.95. The van der Waals surface area contributed by atoms with Crippen LogP contribution in [0.25, 0.3) is 0 Å². The number of para-hydroxylation sites is 1. The summed E-state index contributed by atoms with van der Waals surface area (Å²) in [6.07, 6.45) is 0.825. The molecule has 146 valence electrons. The fourth-order valence-corrected chi connectivity index (χ4v) is 3.40. The standard InChI is InChI=1S/C22H24N2O4/c1-15(25)17-7-5-8-19(12-17)24-14-18(13-21(24)26)22(27)23-11-10-16-6-3-4-9-20(16)28-2/h3-9,12,18H,10-11,13-14H2,1-2H3,(H,23,27). The van der Waals surface area contributed by atoms with Gasteiger partial charge in [-0.3, -0.25) is 14.4 Å². The summed E-state index contributed by atoms with van der Waals surface area (Å²) in [5.41, 5.74) is 2.23. The largest absolute Gasteiger partial charge is 0.496 e. The molecule has 2 aromatic carbocycles. The molecule has 0 aliphatic carbocycles. The highest BCUT2D eigenvalue weighted by atomic mass is 16.5. The van der Waals surface area contributed by atoms with E-state index in [2.05, 4.69) is 5.32 Å². The van der Waals surface area contributed by atoms with Crippen molar-refractivity contribution < 1.29 is 19.1 Å². The Balaban J connectivity index is 1.58. The molecule has 1 atom stereocenters. The number of amides is 2. The molecule has 1 aliphatic rings. The van der Waals surface area contributed by atoms with Crippen molar-refractivity contribution in [1.29, 1.82) is 0 Å². The van der Waals surface area contributed by atoms with Gasteiger partial charge in [-0.1, -0.05) is 30.3 Å². The molecule has 1 fully saturated rings. The lowest BCUT2D eigenvalue weighted by Crippen LogP contribution is -2.34. The van der Waals surface area contributed by atoms with Crippen LogP contribution >= 0.6 is 0 Å². The Morgan fingerprint density at radius 3 is 2.71 bits per heavy atom. The van der Waals surface area contributed by atoms with Gasteiger partial charge in [-0.05, 0) is 37.1 Å². The van der Waals surface area contributed by atoms with Crippen LogP contribution in [0.2, 0.25) is 0 Å². The second kappa shape index (κ2) is 8.69. The first-order valence-corrected chi connectivity index (χ1v) is 9.30. The highest BCUT2D eigenvalue weighted by molar-refractivity contribution is 6.02. The van der Waals surface area contributed by atoms with Crippen LogP contribution in [0, 0.1) is 5.92 Å². The van der Waals surface area contributed by atoms with Gasteiger partial charge in [0.15, 0.2) is 5.78 Å². The first-order chi connectivity index (χ1) is 13.5. The summed E-state index contributed by atoms with van der Waals surface area (Å²) in [5.74, 6) is 0.105. The minimum Gasteiger partial charge on any atom is -0.496 e. The number of Topliss-reactive ketones (excluding diaryl/α,β-unsaturated/α-hetero) is 1. The summed E-state index contributed by atoms with van der Waals surface area (Å²) in [4.78, 5) is 38.1. The average Bonchev–Trinajstić information content (AvgIpc) is 3.10. The number of methoxy groups -OCH3 is 1. The van der Waals surface area contributed by atoms with Crippen LogP contribution in [0.15, 0.2) is 48.5 Å². The number of ether oxygens (including phenoxy) is 1. The number of benzene rings is 2. The summed E-state index contributed by atoms with van der Waals surface area (Å²) in [7, 11) is 1.62. The van der Waals surface area contributed by atoms with E-state index in [9.17, 15) is 14.4 Å². The fraction of sp³-hybridized carbons (Fsp3) is 0.318. The molecule has 0 radical (unpaired) electrons. The Morgan fingerprint density at radius 2 is 1.96 bits per heavy atom. The maximum absolute atomic E-state index is 12.5. The fourth-order valence-electron chi connectivity index (χ4n) is 3.40. The molecule has 1 aliphatic heterocycles. The smallest absolute Gasteiger partial charge is 0.227 e. The van der Waals surface area contributed by atoms with E-state index in [-0.39, 0.29) is 24.0 Å². The van der Waals surface area contributed by atoms with Gasteiger partial charge in [0.25, 0.3) is 0 Å². The molecule has 28 heavy (non-hydrogen) atoms. The third-order valence-electron chi connectivity index (χ3n) is 4.95. The Bertz CT molecular complexity index is 894. The Labute approximate surface area is 164 Å². The number of hydrogen-bond acceptors (Lipinski definition) is 4. The van der Waals surface area contributed by atoms with Gasteiger partial charge in [-0.2, -0.15) is 0 Å². The normalized spacial score (nSPS) is 16.1. The number of carbonyl (C=O) groups excluding carboxylic acids is 3. The minimum absolute atomic E-state index is 0.0564. The predicted molar refractivity (Wildman–Crippen MR) is 107 cm³/mol. The van der Waals surface area contributed by atoms with Crippen molar-refractivity contribution in [1.82, 2.24) is 5.32 Å². The number of nitrogens with zero attached hydrogens (tertiary/aromatic N) is 1. The van der Waals surface area contributed by atoms with Crippen LogP contribution in [0.1, 0.15) is 29.3 Å². The van der Waals surface area contributed by atoms with Crippen molar-refractivity contribution in [2.45, 2.75) is 19.8 Å². The molecule has 0 aromatic heterocycles. The summed E-state index contributed by atoms with van der Waals surface area (Å²) >= 11 is 0. The van der Waals surface area contributed by atoms with Crippen molar-refractivity contribution >= 4 is 23.3 Å². The van der Waals surface area contributed by atoms with Crippen molar-refractivity contribution in [3.8, 4) is 5.75 Å². The molecule has 2 aromatic rings. The third kappa shape index (κ3) is 4.39. The molecule has 3 rings (SSSR count). The second-order valence-electron chi connectivity index (χ2n) is 6.86. The number of carbonyl (C=O) groups is 3. The van der Waals surface area contributed by atoms with E-state index in [4.69, 9.17) is 4.74 Å². The van der Waals surface area contributed by atoms with E-state index in [0.29, 0.717) is 30.8 Å². The highest BCUT2D eigenvalue weighted by Crippen LogP contribution is 2.26. The van der Waals surface area contributed by atoms with Crippen molar-refractivity contribution in [3.63, 3.8) is 0 Å². The van der Waals surface area contributed by atoms with Crippen LogP contribution in [0.5, 0.6) is 5.75 Å². The minimum atomic E-state index is -0.397. The van der Waals surface area contributed by atoms with Gasteiger partial charge < -0.3 is 15.0 Å². The van der Waals surface area contributed by atoms with Gasteiger partial charge in [-0.25, -0.2) is 0 Å². The van der Waals surface area contributed by atoms with Gasteiger partial charge in [0.2, 0.25) is 11.8 Å². The lowest BCUT2D eigenvalue weighted by atomic mass is 10.1. The zero-order chi connectivity index (χ0) is 20.1. The van der Waals surface area contributed by atoms with Crippen molar-refractivity contribution in [2.24, 2.45) is 5.92 Å². The number of ketones is 1. The second-order valence-corrected chi connectivity index (χ2v) is 6.86. The predicted octanol–water partition coefficient (Wildman–Crippen LogP) is 2.61. The highest BCUT2D eigenvalue weighted by Gasteiger charge is 2.35. The van der Waals surface area contributed by atoms with Gasteiger partial charge >= 0.3 is 0 Å².